The lowest BCUT2D eigenvalue weighted by atomic mass is 9.90. The van der Waals surface area contributed by atoms with Crippen LogP contribution in [0.2, 0.25) is 0 Å². The molecule has 0 atom stereocenters. The average Bonchev–Trinajstić information content (AvgIpc) is 3.35. The van der Waals surface area contributed by atoms with Gasteiger partial charge in [-0.25, -0.2) is 9.37 Å². The van der Waals surface area contributed by atoms with Crippen LogP contribution in [0.1, 0.15) is 74.1 Å². The highest BCUT2D eigenvalue weighted by atomic mass is 19.1. The summed E-state index contributed by atoms with van der Waals surface area (Å²) >= 11 is 0. The van der Waals surface area contributed by atoms with Crippen molar-refractivity contribution in [1.29, 1.82) is 0 Å². The highest BCUT2D eigenvalue weighted by molar-refractivity contribution is 5.79. The molecule has 5 rings (SSSR count). The Morgan fingerprint density at radius 3 is 2.87 bits per heavy atom. The third kappa shape index (κ3) is 5.98. The molecule has 0 amide bonds. The molecule has 0 unspecified atom stereocenters. The number of esters is 1. The molecule has 1 fully saturated rings. The van der Waals surface area contributed by atoms with Crippen LogP contribution in [-0.4, -0.2) is 51.5 Å². The van der Waals surface area contributed by atoms with E-state index in [1.54, 1.807) is 6.07 Å². The second kappa shape index (κ2) is 11.8. The highest BCUT2D eigenvalue weighted by Crippen LogP contribution is 2.35. The molecule has 3 aromatic rings. The van der Waals surface area contributed by atoms with E-state index in [4.69, 9.17) is 14.2 Å². The summed E-state index contributed by atoms with van der Waals surface area (Å²) in [5.74, 6) is 0.480. The third-order valence-corrected chi connectivity index (χ3v) is 8.36. The zero-order valence-electron chi connectivity index (χ0n) is 23.0. The monoisotopic (exact) mass is 537 g/mol. The Balaban J connectivity index is 1.33. The fraction of sp³-hybridized carbons (Fsp3) is 0.533. The van der Waals surface area contributed by atoms with Crippen LogP contribution in [0.15, 0.2) is 39.7 Å². The molecule has 0 bridgehead atoms. The highest BCUT2D eigenvalue weighted by Gasteiger charge is 2.37. The smallest absolute Gasteiger partial charge is 0.313 e. The molecule has 208 valence electrons. The maximum atomic E-state index is 13.6. The average molecular weight is 538 g/mol. The number of rotatable bonds is 9. The fourth-order valence-electron chi connectivity index (χ4n) is 6.01. The van der Waals surface area contributed by atoms with Gasteiger partial charge in [0.05, 0.1) is 31.7 Å². The number of quaternary nitrogens is 1. The first-order valence-electron chi connectivity index (χ1n) is 14.2. The zero-order valence-corrected chi connectivity index (χ0v) is 23.0. The molecule has 0 N–H and O–H groups in total. The second-order valence-corrected chi connectivity index (χ2v) is 11.0. The van der Waals surface area contributed by atoms with E-state index in [1.807, 2.05) is 30.6 Å². The van der Waals surface area contributed by atoms with Gasteiger partial charge >= 0.3 is 5.97 Å². The minimum atomic E-state index is -0.344. The molecule has 2 aliphatic rings. The predicted molar refractivity (Wildman–Crippen MR) is 146 cm³/mol. The first-order chi connectivity index (χ1) is 18.9. The molecule has 0 spiro atoms. The molecular formula is C30H38FN4O4+. The van der Waals surface area contributed by atoms with Gasteiger partial charge in [0.15, 0.2) is 5.58 Å². The third-order valence-electron chi connectivity index (χ3n) is 8.36. The van der Waals surface area contributed by atoms with E-state index in [1.165, 1.54) is 12.1 Å². The van der Waals surface area contributed by atoms with E-state index in [9.17, 15) is 14.0 Å². The zero-order chi connectivity index (χ0) is 27.4. The molecule has 0 saturated carbocycles. The summed E-state index contributed by atoms with van der Waals surface area (Å²) in [6.45, 7) is 7.20. The van der Waals surface area contributed by atoms with Crippen molar-refractivity contribution >= 4 is 16.9 Å². The summed E-state index contributed by atoms with van der Waals surface area (Å²) in [6.07, 6.45) is 10.1. The largest absolute Gasteiger partial charge is 0.415 e. The Morgan fingerprint density at radius 1 is 1.26 bits per heavy atom. The molecule has 0 aliphatic carbocycles. The van der Waals surface area contributed by atoms with Crippen LogP contribution in [0.4, 0.5) is 4.39 Å². The number of fused-ring (bicyclic) bond motifs is 2. The number of piperidine rings is 1. The van der Waals surface area contributed by atoms with Gasteiger partial charge in [-0.2, -0.15) is 0 Å². The number of likely N-dealkylation sites (tertiary alicyclic amines) is 1. The molecule has 4 heterocycles. The topological polar surface area (TPSA) is 87.2 Å². The van der Waals surface area contributed by atoms with Gasteiger partial charge in [0.25, 0.3) is 5.56 Å². The molecule has 1 saturated heterocycles. The van der Waals surface area contributed by atoms with Crippen molar-refractivity contribution in [3.63, 3.8) is 0 Å². The fourth-order valence-corrected chi connectivity index (χ4v) is 6.01. The lowest BCUT2D eigenvalue weighted by Crippen LogP contribution is -2.55. The minimum Gasteiger partial charge on any atom is -0.415 e. The number of hydrogen-bond acceptors (Lipinski definition) is 6. The van der Waals surface area contributed by atoms with E-state index in [2.05, 4.69) is 5.16 Å². The maximum absolute atomic E-state index is 13.6. The summed E-state index contributed by atoms with van der Waals surface area (Å²) in [7, 11) is 0. The number of aryl methyl sites for hydroxylation is 2. The van der Waals surface area contributed by atoms with E-state index >= 15 is 0 Å². The quantitative estimate of drug-likeness (QED) is 0.218. The number of carbonyl (C=O) groups excluding carboxylic acids is 1. The van der Waals surface area contributed by atoms with Gasteiger partial charge in [-0.05, 0) is 38.3 Å². The molecule has 0 radical (unpaired) electrons. The maximum Gasteiger partial charge on any atom is 0.313 e. The number of halogens is 1. The second-order valence-electron chi connectivity index (χ2n) is 11.0. The van der Waals surface area contributed by atoms with Crippen molar-refractivity contribution in [2.75, 3.05) is 26.4 Å². The van der Waals surface area contributed by atoms with Gasteiger partial charge in [0, 0.05) is 60.9 Å². The van der Waals surface area contributed by atoms with Crippen LogP contribution in [0.5, 0.6) is 0 Å². The van der Waals surface area contributed by atoms with Crippen molar-refractivity contribution in [1.82, 2.24) is 14.7 Å². The van der Waals surface area contributed by atoms with Crippen LogP contribution in [-0.2, 0) is 28.9 Å². The SMILES string of the molecule is CCC=CCC(=O)OC[N+]1(CCc2c(C)nc3n(c2=O)CCCC3)CCC(c2noc3cc(F)ccc23)CC1. The van der Waals surface area contributed by atoms with Crippen LogP contribution < -0.4 is 5.56 Å². The van der Waals surface area contributed by atoms with Gasteiger partial charge in [0.2, 0.25) is 6.73 Å². The van der Waals surface area contributed by atoms with Crippen LogP contribution in [0, 0.1) is 12.7 Å². The van der Waals surface area contributed by atoms with Crippen LogP contribution in [0.25, 0.3) is 11.0 Å². The molecule has 1 aromatic carbocycles. The number of ether oxygens (including phenoxy) is 1. The first kappa shape index (κ1) is 27.2. The van der Waals surface area contributed by atoms with Gasteiger partial charge in [-0.15, -0.1) is 0 Å². The van der Waals surface area contributed by atoms with Crippen molar-refractivity contribution < 1.29 is 22.9 Å². The Morgan fingerprint density at radius 2 is 2.08 bits per heavy atom. The number of aromatic nitrogens is 3. The molecule has 8 nitrogen and oxygen atoms in total. The summed E-state index contributed by atoms with van der Waals surface area (Å²) in [5.41, 5.74) is 2.97. The van der Waals surface area contributed by atoms with Crippen molar-refractivity contribution in [2.45, 2.75) is 77.7 Å². The van der Waals surface area contributed by atoms with Gasteiger partial charge in [-0.3, -0.25) is 18.6 Å². The van der Waals surface area contributed by atoms with Crippen molar-refractivity contribution in [3.8, 4) is 0 Å². The van der Waals surface area contributed by atoms with E-state index in [0.29, 0.717) is 23.0 Å². The predicted octanol–water partition coefficient (Wildman–Crippen LogP) is 4.96. The van der Waals surface area contributed by atoms with Gasteiger partial charge < -0.3 is 9.26 Å². The summed E-state index contributed by atoms with van der Waals surface area (Å²) in [6, 6.07) is 4.54. The lowest BCUT2D eigenvalue weighted by Gasteiger charge is -2.42. The molecule has 39 heavy (non-hydrogen) atoms. The summed E-state index contributed by atoms with van der Waals surface area (Å²) < 4.78 is 27.3. The Bertz CT molecular complexity index is 1420. The summed E-state index contributed by atoms with van der Waals surface area (Å²) in [4.78, 5) is 30.6. The standard InChI is InChI=1S/C30H38FN4O4/c1-3-4-5-9-28(36)38-20-35(18-14-24-21(2)32-27-8-6-7-15-34(27)30(24)37)16-12-22(13-17-35)29-25-11-10-23(31)19-26(25)39-33-29/h4-5,10-11,19,22H,3,6-9,12-18,20H2,1-2H3/q+1. The summed E-state index contributed by atoms with van der Waals surface area (Å²) in [5, 5.41) is 5.13. The normalized spacial score (nSPS) is 21.4. The Hall–Kier alpha value is -3.33. The molecule has 2 aliphatic heterocycles. The van der Waals surface area contributed by atoms with Crippen molar-refractivity contribution in [3.05, 3.63) is 69.3 Å². The van der Waals surface area contributed by atoms with Crippen LogP contribution >= 0.6 is 0 Å². The van der Waals surface area contributed by atoms with Crippen molar-refractivity contribution in [2.24, 2.45) is 0 Å². The van der Waals surface area contributed by atoms with E-state index in [-0.39, 0.29) is 36.4 Å². The van der Waals surface area contributed by atoms with Crippen LogP contribution in [0.3, 0.4) is 0 Å². The van der Waals surface area contributed by atoms with Gasteiger partial charge in [-0.1, -0.05) is 24.2 Å². The first-order valence-corrected chi connectivity index (χ1v) is 14.2. The number of carbonyl (C=O) groups is 1. The number of nitrogens with zero attached hydrogens (tertiary/aromatic N) is 4. The number of allylic oxidation sites excluding steroid dienone is 1. The molecule has 9 heteroatoms. The number of benzene rings is 1. The Kier molecular flexibility index (Phi) is 8.26. The van der Waals surface area contributed by atoms with Gasteiger partial charge in [0.1, 0.15) is 11.6 Å². The number of hydrogen-bond donors (Lipinski definition) is 0. The Labute approximate surface area is 228 Å². The lowest BCUT2D eigenvalue weighted by molar-refractivity contribution is -0.948. The molecular weight excluding hydrogens is 499 g/mol. The van der Waals surface area contributed by atoms with E-state index in [0.717, 1.165) is 86.3 Å². The van der Waals surface area contributed by atoms with E-state index < -0.39 is 0 Å². The molecule has 2 aromatic heterocycles. The minimum absolute atomic E-state index is 0.0771.